The molecule has 0 aromatic heterocycles. The molecule has 0 heterocycles. The lowest BCUT2D eigenvalue weighted by molar-refractivity contribution is -0.129. The molecule has 0 aliphatic carbocycles. The average Bonchev–Trinajstić information content (AvgIpc) is 2.21. The van der Waals surface area contributed by atoms with Gasteiger partial charge in [0.25, 0.3) is 0 Å². The molecule has 2 N–H and O–H groups in total. The van der Waals surface area contributed by atoms with Crippen molar-refractivity contribution < 1.29 is 14.3 Å². The Morgan fingerprint density at radius 2 is 1.88 bits per heavy atom. The highest BCUT2D eigenvalue weighted by Gasteiger charge is 2.27. The quantitative estimate of drug-likeness (QED) is 0.817. The molecule has 0 aromatic rings. The normalized spacial score (nSPS) is 13.1. The molecule has 0 radical (unpaired) electrons. The number of nitrogens with two attached hydrogens (primary N) is 1. The fourth-order valence-corrected chi connectivity index (χ4v) is 1.15. The summed E-state index contributed by atoms with van der Waals surface area (Å²) < 4.78 is 5.18. The van der Waals surface area contributed by atoms with Crippen molar-refractivity contribution in [3.05, 3.63) is 0 Å². The summed E-state index contributed by atoms with van der Waals surface area (Å²) in [6, 6.07) is 0. The topological polar surface area (TPSA) is 72.6 Å². The summed E-state index contributed by atoms with van der Waals surface area (Å²) in [4.78, 5) is 24.5. The van der Waals surface area contributed by atoms with Crippen molar-refractivity contribution in [3.63, 3.8) is 0 Å². The van der Waals surface area contributed by atoms with Crippen LogP contribution in [0.5, 0.6) is 0 Å². The van der Waals surface area contributed by atoms with Crippen molar-refractivity contribution in [2.75, 3.05) is 13.1 Å². The Morgan fingerprint density at radius 1 is 1.35 bits per heavy atom. The van der Waals surface area contributed by atoms with Crippen molar-refractivity contribution in [1.82, 2.24) is 4.90 Å². The third-order valence-electron chi connectivity index (χ3n) is 2.28. The van der Waals surface area contributed by atoms with Gasteiger partial charge in [0.2, 0.25) is 5.91 Å². The summed E-state index contributed by atoms with van der Waals surface area (Å²) in [5, 5.41) is 0. The summed E-state index contributed by atoms with van der Waals surface area (Å²) in [5.74, 6) is -0.169. The van der Waals surface area contributed by atoms with Crippen LogP contribution < -0.4 is 5.73 Å². The first-order valence-corrected chi connectivity index (χ1v) is 5.94. The van der Waals surface area contributed by atoms with Crippen LogP contribution in [0.2, 0.25) is 0 Å². The molecule has 5 heteroatoms. The Bertz CT molecular complexity index is 271. The second-order valence-electron chi connectivity index (χ2n) is 5.20. The largest absolute Gasteiger partial charge is 0.443 e. The number of carbonyl (C=O) groups is 2. The van der Waals surface area contributed by atoms with Gasteiger partial charge in [0.05, 0.1) is 6.54 Å². The molecule has 17 heavy (non-hydrogen) atoms. The van der Waals surface area contributed by atoms with E-state index in [9.17, 15) is 9.59 Å². The van der Waals surface area contributed by atoms with Gasteiger partial charge >= 0.3 is 6.09 Å². The summed E-state index contributed by atoms with van der Waals surface area (Å²) in [5.41, 5.74) is 4.68. The number of ether oxygens (including phenoxy) is 1. The predicted octanol–water partition coefficient (Wildman–Crippen LogP) is 1.75. The Kier molecular flexibility index (Phi) is 6.16. The minimum atomic E-state index is -0.617. The van der Waals surface area contributed by atoms with Gasteiger partial charge in [-0.15, -0.1) is 0 Å². The molecule has 5 nitrogen and oxygen atoms in total. The van der Waals surface area contributed by atoms with Crippen LogP contribution in [0.15, 0.2) is 0 Å². The SMILES string of the molecule is CC[C@H](C)CN(C(=O)CN)C(=O)OC(C)(C)C. The Balaban J connectivity index is 4.68. The first kappa shape index (κ1) is 15.9. The summed E-state index contributed by atoms with van der Waals surface area (Å²) in [7, 11) is 0. The highest BCUT2D eigenvalue weighted by Crippen LogP contribution is 2.12. The zero-order chi connectivity index (χ0) is 13.6. The van der Waals surface area contributed by atoms with E-state index in [0.29, 0.717) is 6.54 Å². The molecule has 0 aliphatic heterocycles. The zero-order valence-corrected chi connectivity index (χ0v) is 11.4. The van der Waals surface area contributed by atoms with Crippen LogP contribution in [0.4, 0.5) is 4.79 Å². The fraction of sp³-hybridized carbons (Fsp3) is 0.833. The highest BCUT2D eigenvalue weighted by atomic mass is 16.6. The zero-order valence-electron chi connectivity index (χ0n) is 11.4. The van der Waals surface area contributed by atoms with E-state index < -0.39 is 17.6 Å². The fourth-order valence-electron chi connectivity index (χ4n) is 1.15. The van der Waals surface area contributed by atoms with Crippen molar-refractivity contribution in [3.8, 4) is 0 Å². The third-order valence-corrected chi connectivity index (χ3v) is 2.28. The maximum absolute atomic E-state index is 11.8. The van der Waals surface area contributed by atoms with Gasteiger partial charge < -0.3 is 10.5 Å². The third kappa shape index (κ3) is 6.26. The van der Waals surface area contributed by atoms with Crippen LogP contribution in [0.3, 0.4) is 0 Å². The Labute approximate surface area is 103 Å². The van der Waals surface area contributed by atoms with Crippen molar-refractivity contribution >= 4 is 12.0 Å². The maximum Gasteiger partial charge on any atom is 0.417 e. The molecule has 1 atom stereocenters. The summed E-state index contributed by atoms with van der Waals surface area (Å²) in [6.45, 7) is 9.43. The number of nitrogens with zero attached hydrogens (tertiary/aromatic N) is 1. The van der Waals surface area contributed by atoms with E-state index in [2.05, 4.69) is 0 Å². The Morgan fingerprint density at radius 3 is 2.24 bits per heavy atom. The number of carbonyl (C=O) groups excluding carboxylic acids is 2. The molecular formula is C12H24N2O3. The van der Waals surface area contributed by atoms with Crippen LogP contribution in [0.25, 0.3) is 0 Å². The molecule has 0 aromatic carbocycles. The van der Waals surface area contributed by atoms with Gasteiger partial charge in [0.1, 0.15) is 5.60 Å². The molecule has 0 saturated heterocycles. The van der Waals surface area contributed by atoms with Gasteiger partial charge in [-0.3, -0.25) is 4.79 Å². The lowest BCUT2D eigenvalue weighted by Crippen LogP contribution is -2.45. The van der Waals surface area contributed by atoms with E-state index in [1.165, 1.54) is 0 Å². The molecule has 2 amide bonds. The van der Waals surface area contributed by atoms with E-state index >= 15 is 0 Å². The smallest absolute Gasteiger partial charge is 0.417 e. The van der Waals surface area contributed by atoms with Gasteiger partial charge in [-0.2, -0.15) is 0 Å². The standard InChI is InChI=1S/C12H24N2O3/c1-6-9(2)8-14(10(15)7-13)11(16)17-12(3,4)5/h9H,6-8,13H2,1-5H3/t9-/m0/s1. The lowest BCUT2D eigenvalue weighted by Gasteiger charge is -2.27. The van der Waals surface area contributed by atoms with Crippen LogP contribution in [0, 0.1) is 5.92 Å². The Hall–Kier alpha value is -1.10. The van der Waals surface area contributed by atoms with Crippen LogP contribution in [-0.2, 0) is 9.53 Å². The van der Waals surface area contributed by atoms with Crippen LogP contribution >= 0.6 is 0 Å². The molecule has 0 aliphatic rings. The van der Waals surface area contributed by atoms with Gasteiger partial charge in [-0.05, 0) is 26.7 Å². The molecule has 100 valence electrons. The van der Waals surface area contributed by atoms with E-state index in [1.807, 2.05) is 13.8 Å². The molecule has 0 bridgehead atoms. The second kappa shape index (κ2) is 6.59. The van der Waals surface area contributed by atoms with Crippen LogP contribution in [-0.4, -0.2) is 35.6 Å². The number of rotatable bonds is 4. The predicted molar refractivity (Wildman–Crippen MR) is 66.5 cm³/mol. The van der Waals surface area contributed by atoms with E-state index in [-0.39, 0.29) is 12.5 Å². The van der Waals surface area contributed by atoms with Gasteiger partial charge in [-0.25, -0.2) is 9.69 Å². The van der Waals surface area contributed by atoms with Crippen molar-refractivity contribution in [2.45, 2.75) is 46.6 Å². The van der Waals surface area contributed by atoms with Gasteiger partial charge in [0.15, 0.2) is 0 Å². The van der Waals surface area contributed by atoms with Crippen molar-refractivity contribution in [1.29, 1.82) is 0 Å². The number of imide groups is 1. The lowest BCUT2D eigenvalue weighted by atomic mass is 10.1. The molecule has 0 rings (SSSR count). The summed E-state index contributed by atoms with van der Waals surface area (Å²) >= 11 is 0. The average molecular weight is 244 g/mol. The van der Waals surface area contributed by atoms with Crippen LogP contribution in [0.1, 0.15) is 41.0 Å². The maximum atomic E-state index is 11.8. The first-order chi connectivity index (χ1) is 7.71. The second-order valence-corrected chi connectivity index (χ2v) is 5.20. The molecule has 0 saturated carbocycles. The van der Waals surface area contributed by atoms with E-state index in [1.54, 1.807) is 20.8 Å². The number of hydrogen-bond donors (Lipinski definition) is 1. The first-order valence-electron chi connectivity index (χ1n) is 5.94. The minimum Gasteiger partial charge on any atom is -0.443 e. The monoisotopic (exact) mass is 244 g/mol. The van der Waals surface area contributed by atoms with Crippen molar-refractivity contribution in [2.24, 2.45) is 11.7 Å². The van der Waals surface area contributed by atoms with E-state index in [4.69, 9.17) is 10.5 Å². The molecule has 0 unspecified atom stereocenters. The van der Waals surface area contributed by atoms with Gasteiger partial charge in [-0.1, -0.05) is 20.3 Å². The molecular weight excluding hydrogens is 220 g/mol. The molecule has 0 spiro atoms. The molecule has 0 fully saturated rings. The summed E-state index contributed by atoms with van der Waals surface area (Å²) in [6.07, 6.45) is 0.269. The highest BCUT2D eigenvalue weighted by molar-refractivity contribution is 5.93. The minimum absolute atomic E-state index is 0.185. The van der Waals surface area contributed by atoms with E-state index in [0.717, 1.165) is 11.3 Å². The number of hydrogen-bond acceptors (Lipinski definition) is 4. The number of amides is 2. The van der Waals surface area contributed by atoms with Gasteiger partial charge in [0, 0.05) is 6.54 Å².